The summed E-state index contributed by atoms with van der Waals surface area (Å²) in [4.78, 5) is 7.39. The van der Waals surface area contributed by atoms with Crippen LogP contribution in [0.1, 0.15) is 24.2 Å². The molecule has 1 aromatic heterocycles. The van der Waals surface area contributed by atoms with Gasteiger partial charge in [0.25, 0.3) is 0 Å². The summed E-state index contributed by atoms with van der Waals surface area (Å²) in [5.41, 5.74) is 3.45. The van der Waals surface area contributed by atoms with Crippen molar-refractivity contribution in [3.8, 4) is 5.75 Å². The molecule has 0 N–H and O–H groups in total. The standard InChI is InChI=1S/C21H25N3O/c1-17-8-2-5-11-20(17)25-15-14-24-19-10-4-3-9-18(19)22-21(24)16-23-12-6-7-13-23/h2-5,8-11H,6-7,12-16H2,1H3. The van der Waals surface area contributed by atoms with Gasteiger partial charge in [0.05, 0.1) is 24.1 Å². The fraction of sp³-hybridized carbons (Fsp3) is 0.381. The molecule has 2 heterocycles. The number of ether oxygens (including phenoxy) is 1. The molecule has 1 aliphatic heterocycles. The topological polar surface area (TPSA) is 30.3 Å². The molecular formula is C21H25N3O. The van der Waals surface area contributed by atoms with E-state index < -0.39 is 0 Å². The zero-order valence-electron chi connectivity index (χ0n) is 14.8. The molecule has 0 spiro atoms. The summed E-state index contributed by atoms with van der Waals surface area (Å²) in [6.07, 6.45) is 2.60. The van der Waals surface area contributed by atoms with Gasteiger partial charge in [-0.25, -0.2) is 4.98 Å². The van der Waals surface area contributed by atoms with Crippen molar-refractivity contribution in [2.45, 2.75) is 32.9 Å². The molecule has 0 unspecified atom stereocenters. The van der Waals surface area contributed by atoms with Crippen molar-refractivity contribution in [3.63, 3.8) is 0 Å². The highest BCUT2D eigenvalue weighted by molar-refractivity contribution is 5.75. The van der Waals surface area contributed by atoms with Crippen molar-refractivity contribution in [1.29, 1.82) is 0 Å². The summed E-state index contributed by atoms with van der Waals surface area (Å²) in [6.45, 7) is 6.85. The van der Waals surface area contributed by atoms with Gasteiger partial charge in [-0.15, -0.1) is 0 Å². The molecule has 2 aromatic carbocycles. The number of para-hydroxylation sites is 3. The predicted molar refractivity (Wildman–Crippen MR) is 101 cm³/mol. The second kappa shape index (κ2) is 7.28. The number of imidazole rings is 1. The summed E-state index contributed by atoms with van der Waals surface area (Å²) < 4.78 is 8.35. The maximum Gasteiger partial charge on any atom is 0.124 e. The average molecular weight is 335 g/mol. The number of rotatable bonds is 6. The third kappa shape index (κ3) is 3.54. The van der Waals surface area contributed by atoms with E-state index in [1.807, 2.05) is 18.2 Å². The van der Waals surface area contributed by atoms with Gasteiger partial charge in [-0.2, -0.15) is 0 Å². The van der Waals surface area contributed by atoms with E-state index in [4.69, 9.17) is 9.72 Å². The van der Waals surface area contributed by atoms with Gasteiger partial charge in [0.15, 0.2) is 0 Å². The zero-order valence-corrected chi connectivity index (χ0v) is 14.8. The monoisotopic (exact) mass is 335 g/mol. The van der Waals surface area contributed by atoms with E-state index in [1.165, 1.54) is 37.0 Å². The largest absolute Gasteiger partial charge is 0.491 e. The third-order valence-corrected chi connectivity index (χ3v) is 4.96. The summed E-state index contributed by atoms with van der Waals surface area (Å²) in [6, 6.07) is 16.6. The number of likely N-dealkylation sites (tertiary alicyclic amines) is 1. The van der Waals surface area contributed by atoms with Crippen molar-refractivity contribution in [2.24, 2.45) is 0 Å². The molecule has 4 rings (SSSR count). The van der Waals surface area contributed by atoms with Gasteiger partial charge in [0, 0.05) is 0 Å². The van der Waals surface area contributed by atoms with Crippen molar-refractivity contribution in [2.75, 3.05) is 19.7 Å². The van der Waals surface area contributed by atoms with Crippen LogP contribution in [0.4, 0.5) is 0 Å². The van der Waals surface area contributed by atoms with Gasteiger partial charge in [0.2, 0.25) is 0 Å². The quantitative estimate of drug-likeness (QED) is 0.681. The molecule has 0 atom stereocenters. The molecule has 0 radical (unpaired) electrons. The van der Waals surface area contributed by atoms with E-state index in [1.54, 1.807) is 0 Å². The van der Waals surface area contributed by atoms with Crippen molar-refractivity contribution in [1.82, 2.24) is 14.5 Å². The lowest BCUT2D eigenvalue weighted by Crippen LogP contribution is -2.22. The SMILES string of the molecule is Cc1ccccc1OCCn1c(CN2CCCC2)nc2ccccc21. The summed E-state index contributed by atoms with van der Waals surface area (Å²) in [5, 5.41) is 0. The molecule has 1 fully saturated rings. The maximum absolute atomic E-state index is 6.02. The Morgan fingerprint density at radius 3 is 2.60 bits per heavy atom. The first-order chi connectivity index (χ1) is 12.3. The number of benzene rings is 2. The van der Waals surface area contributed by atoms with Gasteiger partial charge in [-0.05, 0) is 56.6 Å². The number of aromatic nitrogens is 2. The van der Waals surface area contributed by atoms with Crippen LogP contribution in [0.3, 0.4) is 0 Å². The minimum atomic E-state index is 0.651. The van der Waals surface area contributed by atoms with Crippen molar-refractivity contribution in [3.05, 3.63) is 59.9 Å². The highest BCUT2D eigenvalue weighted by Gasteiger charge is 2.17. The Kier molecular flexibility index (Phi) is 4.70. The van der Waals surface area contributed by atoms with Gasteiger partial charge >= 0.3 is 0 Å². The molecule has 0 bridgehead atoms. The maximum atomic E-state index is 6.02. The van der Waals surface area contributed by atoms with Gasteiger partial charge in [0.1, 0.15) is 18.2 Å². The smallest absolute Gasteiger partial charge is 0.124 e. The lowest BCUT2D eigenvalue weighted by molar-refractivity contribution is 0.284. The first kappa shape index (κ1) is 16.2. The zero-order chi connectivity index (χ0) is 17.1. The molecule has 4 nitrogen and oxygen atoms in total. The number of hydrogen-bond acceptors (Lipinski definition) is 3. The van der Waals surface area contributed by atoms with Crippen LogP contribution in [-0.4, -0.2) is 34.1 Å². The minimum Gasteiger partial charge on any atom is -0.491 e. The van der Waals surface area contributed by atoms with E-state index in [0.717, 1.165) is 30.2 Å². The molecule has 0 saturated carbocycles. The van der Waals surface area contributed by atoms with Crippen LogP contribution in [0.15, 0.2) is 48.5 Å². The Morgan fingerprint density at radius 1 is 1.00 bits per heavy atom. The second-order valence-corrected chi connectivity index (χ2v) is 6.77. The number of nitrogens with zero attached hydrogens (tertiary/aromatic N) is 3. The van der Waals surface area contributed by atoms with E-state index >= 15 is 0 Å². The van der Waals surface area contributed by atoms with Crippen LogP contribution < -0.4 is 4.74 Å². The third-order valence-electron chi connectivity index (χ3n) is 4.96. The molecule has 1 saturated heterocycles. The first-order valence-electron chi connectivity index (χ1n) is 9.16. The van der Waals surface area contributed by atoms with Crippen molar-refractivity contribution >= 4 is 11.0 Å². The van der Waals surface area contributed by atoms with E-state index in [9.17, 15) is 0 Å². The van der Waals surface area contributed by atoms with Gasteiger partial charge < -0.3 is 9.30 Å². The Bertz CT molecular complexity index is 849. The van der Waals surface area contributed by atoms with Crippen LogP contribution in [0.2, 0.25) is 0 Å². The molecule has 130 valence electrons. The lowest BCUT2D eigenvalue weighted by atomic mass is 10.2. The number of fused-ring (bicyclic) bond motifs is 1. The predicted octanol–water partition coefficient (Wildman–Crippen LogP) is 4.02. The molecular weight excluding hydrogens is 310 g/mol. The van der Waals surface area contributed by atoms with E-state index in [2.05, 4.69) is 46.7 Å². The molecule has 4 heteroatoms. The molecule has 0 amide bonds. The summed E-state index contributed by atoms with van der Waals surface area (Å²) >= 11 is 0. The van der Waals surface area contributed by atoms with Crippen LogP contribution in [0.5, 0.6) is 5.75 Å². The lowest BCUT2D eigenvalue weighted by Gasteiger charge is -2.16. The fourth-order valence-electron chi connectivity index (χ4n) is 3.60. The van der Waals surface area contributed by atoms with Gasteiger partial charge in [-0.3, -0.25) is 4.90 Å². The molecule has 1 aliphatic rings. The number of aryl methyl sites for hydroxylation is 1. The molecule has 0 aliphatic carbocycles. The normalized spacial score (nSPS) is 15.1. The first-order valence-corrected chi connectivity index (χ1v) is 9.16. The molecule has 3 aromatic rings. The van der Waals surface area contributed by atoms with Crippen LogP contribution in [-0.2, 0) is 13.1 Å². The van der Waals surface area contributed by atoms with Gasteiger partial charge in [-0.1, -0.05) is 30.3 Å². The van der Waals surface area contributed by atoms with Crippen LogP contribution in [0.25, 0.3) is 11.0 Å². The minimum absolute atomic E-state index is 0.651. The van der Waals surface area contributed by atoms with Crippen LogP contribution >= 0.6 is 0 Å². The highest BCUT2D eigenvalue weighted by atomic mass is 16.5. The average Bonchev–Trinajstić information content (AvgIpc) is 3.25. The Balaban J connectivity index is 1.53. The van der Waals surface area contributed by atoms with E-state index in [0.29, 0.717) is 6.61 Å². The van der Waals surface area contributed by atoms with E-state index in [-0.39, 0.29) is 0 Å². The summed E-state index contributed by atoms with van der Waals surface area (Å²) in [5.74, 6) is 2.12. The van der Waals surface area contributed by atoms with Crippen molar-refractivity contribution < 1.29 is 4.74 Å². The molecule has 25 heavy (non-hydrogen) atoms. The Labute approximate surface area is 149 Å². The fourth-order valence-corrected chi connectivity index (χ4v) is 3.60. The van der Waals surface area contributed by atoms with Crippen LogP contribution in [0, 0.1) is 6.92 Å². The number of hydrogen-bond donors (Lipinski definition) is 0. The Hall–Kier alpha value is -2.33. The highest BCUT2D eigenvalue weighted by Crippen LogP contribution is 2.20. The second-order valence-electron chi connectivity index (χ2n) is 6.77. The summed E-state index contributed by atoms with van der Waals surface area (Å²) in [7, 11) is 0. The Morgan fingerprint density at radius 2 is 1.76 bits per heavy atom.